The molecule has 0 fully saturated rings. The lowest BCUT2D eigenvalue weighted by atomic mass is 10.2. The average Bonchev–Trinajstić information content (AvgIpc) is 3.18. The lowest BCUT2D eigenvalue weighted by molar-refractivity contribution is 0.441. The minimum Gasteiger partial charge on any atom is -0.464 e. The normalized spacial score (nSPS) is 12.5. The molecule has 134 valence electrons. The van der Waals surface area contributed by atoms with Gasteiger partial charge in [-0.15, -0.1) is 35.3 Å². The monoisotopic (exact) mass is 480 g/mol. The molecule has 0 aromatic carbocycles. The number of guanidine groups is 1. The Morgan fingerprint density at radius 3 is 2.92 bits per heavy atom. The van der Waals surface area contributed by atoms with Crippen molar-refractivity contribution < 1.29 is 4.42 Å². The van der Waals surface area contributed by atoms with Crippen molar-refractivity contribution in [2.75, 3.05) is 18.8 Å². The number of furan rings is 1. The third-order valence-electron chi connectivity index (χ3n) is 3.09. The molecule has 0 aliphatic rings. The van der Waals surface area contributed by atoms with Crippen LogP contribution in [0.2, 0.25) is 0 Å². The maximum Gasteiger partial charge on any atom is 0.191 e. The van der Waals surface area contributed by atoms with E-state index in [1.54, 1.807) is 23.1 Å². The van der Waals surface area contributed by atoms with Crippen molar-refractivity contribution in [1.29, 1.82) is 0 Å². The quantitative estimate of drug-likeness (QED) is 0.192. The van der Waals surface area contributed by atoms with E-state index in [-0.39, 0.29) is 30.0 Å². The second-order valence-electron chi connectivity index (χ2n) is 5.08. The van der Waals surface area contributed by atoms with Gasteiger partial charge in [0.1, 0.15) is 15.9 Å². The van der Waals surface area contributed by atoms with E-state index >= 15 is 0 Å². The van der Waals surface area contributed by atoms with Crippen LogP contribution in [0.5, 0.6) is 0 Å². The van der Waals surface area contributed by atoms with Gasteiger partial charge < -0.3 is 15.1 Å². The van der Waals surface area contributed by atoms with E-state index in [1.165, 1.54) is 0 Å². The number of hydrogen-bond acceptors (Lipinski definition) is 5. The highest BCUT2D eigenvalue weighted by molar-refractivity contribution is 14.0. The van der Waals surface area contributed by atoms with E-state index in [1.807, 2.05) is 30.6 Å². The highest BCUT2D eigenvalue weighted by Crippen LogP contribution is 2.20. The Morgan fingerprint density at radius 2 is 2.29 bits per heavy atom. The Kier molecular flexibility index (Phi) is 10.4. The Morgan fingerprint density at radius 1 is 1.46 bits per heavy atom. The molecule has 2 aromatic rings. The van der Waals surface area contributed by atoms with Gasteiger partial charge in [-0.2, -0.15) is 0 Å². The predicted octanol–water partition coefficient (Wildman–Crippen LogP) is 4.46. The van der Waals surface area contributed by atoms with Gasteiger partial charge in [-0.25, -0.2) is 4.98 Å². The number of thiazole rings is 1. The third-order valence-corrected chi connectivity index (χ3v) is 5.15. The van der Waals surface area contributed by atoms with Crippen molar-refractivity contribution in [2.24, 2.45) is 4.99 Å². The molecule has 0 aliphatic heterocycles. The largest absolute Gasteiger partial charge is 0.464 e. The van der Waals surface area contributed by atoms with Gasteiger partial charge in [0.2, 0.25) is 0 Å². The van der Waals surface area contributed by atoms with E-state index in [2.05, 4.69) is 34.5 Å². The molecular weight excluding hydrogens is 455 g/mol. The van der Waals surface area contributed by atoms with Crippen molar-refractivity contribution in [1.82, 2.24) is 15.6 Å². The van der Waals surface area contributed by atoms with Crippen LogP contribution in [0, 0.1) is 6.92 Å². The van der Waals surface area contributed by atoms with Crippen LogP contribution in [0.25, 0.3) is 0 Å². The zero-order valence-electron chi connectivity index (χ0n) is 14.2. The standard InChI is InChI=1S/C16H24N4OS2.HI/c1-4-17-15(20-13(3)14-7-6-12(2)21-14)18-8-5-10-22-16-19-9-11-23-16;/h6-7,9,11,13H,4-5,8,10H2,1-3H3,(H2,17,18,20);1H. The summed E-state index contributed by atoms with van der Waals surface area (Å²) in [7, 11) is 0. The maximum atomic E-state index is 5.65. The number of nitrogens with one attached hydrogen (secondary N) is 2. The molecule has 8 heteroatoms. The number of nitrogens with zero attached hydrogens (tertiary/aromatic N) is 2. The van der Waals surface area contributed by atoms with E-state index in [0.29, 0.717) is 0 Å². The molecule has 2 N–H and O–H groups in total. The number of thioether (sulfide) groups is 1. The first kappa shape index (κ1) is 21.3. The summed E-state index contributed by atoms with van der Waals surface area (Å²) in [6, 6.07) is 4.07. The Labute approximate surface area is 169 Å². The highest BCUT2D eigenvalue weighted by Gasteiger charge is 2.11. The van der Waals surface area contributed by atoms with Crippen LogP contribution in [0.15, 0.2) is 37.5 Å². The van der Waals surface area contributed by atoms with E-state index in [9.17, 15) is 0 Å². The van der Waals surface area contributed by atoms with Gasteiger partial charge in [-0.3, -0.25) is 4.99 Å². The van der Waals surface area contributed by atoms with Crippen molar-refractivity contribution in [3.63, 3.8) is 0 Å². The molecule has 0 radical (unpaired) electrons. The summed E-state index contributed by atoms with van der Waals surface area (Å²) in [4.78, 5) is 8.89. The van der Waals surface area contributed by atoms with Gasteiger partial charge in [0, 0.05) is 30.4 Å². The fourth-order valence-corrected chi connectivity index (χ4v) is 3.61. The number of aryl methyl sites for hydroxylation is 1. The molecule has 0 saturated heterocycles. The van der Waals surface area contributed by atoms with E-state index in [0.717, 1.165) is 47.1 Å². The number of hydrogen-bond donors (Lipinski definition) is 2. The molecule has 2 rings (SSSR count). The smallest absolute Gasteiger partial charge is 0.191 e. The molecule has 24 heavy (non-hydrogen) atoms. The zero-order valence-corrected chi connectivity index (χ0v) is 18.2. The molecule has 2 aromatic heterocycles. The lowest BCUT2D eigenvalue weighted by Gasteiger charge is -2.16. The molecule has 0 amide bonds. The molecule has 0 bridgehead atoms. The van der Waals surface area contributed by atoms with Crippen molar-refractivity contribution in [3.8, 4) is 0 Å². The van der Waals surface area contributed by atoms with Crippen molar-refractivity contribution in [3.05, 3.63) is 35.2 Å². The molecule has 0 aliphatic carbocycles. The van der Waals surface area contributed by atoms with Gasteiger partial charge in [0.15, 0.2) is 5.96 Å². The maximum absolute atomic E-state index is 5.65. The molecule has 2 heterocycles. The molecule has 1 atom stereocenters. The number of rotatable bonds is 8. The van der Waals surface area contributed by atoms with Crippen molar-refractivity contribution >= 4 is 53.0 Å². The van der Waals surface area contributed by atoms with Gasteiger partial charge in [-0.1, -0.05) is 11.8 Å². The summed E-state index contributed by atoms with van der Waals surface area (Å²) in [5.41, 5.74) is 0. The predicted molar refractivity (Wildman–Crippen MR) is 114 cm³/mol. The SMILES string of the molecule is CCNC(=NCCCSc1nccs1)NC(C)c1ccc(C)o1.I. The van der Waals surface area contributed by atoms with E-state index < -0.39 is 0 Å². The number of aliphatic imine (C=N–C) groups is 1. The first-order chi connectivity index (χ1) is 11.2. The van der Waals surface area contributed by atoms with Crippen LogP contribution in [0.1, 0.15) is 37.8 Å². The molecule has 0 spiro atoms. The molecule has 5 nitrogen and oxygen atoms in total. The first-order valence-electron chi connectivity index (χ1n) is 7.82. The zero-order chi connectivity index (χ0) is 16.5. The lowest BCUT2D eigenvalue weighted by Crippen LogP contribution is -2.38. The van der Waals surface area contributed by atoms with Crippen LogP contribution in [0.4, 0.5) is 0 Å². The first-order valence-corrected chi connectivity index (χ1v) is 9.69. The summed E-state index contributed by atoms with van der Waals surface area (Å²) >= 11 is 3.47. The van der Waals surface area contributed by atoms with Crippen LogP contribution >= 0.6 is 47.1 Å². The van der Waals surface area contributed by atoms with Crippen LogP contribution in [-0.4, -0.2) is 29.8 Å². The van der Waals surface area contributed by atoms with Gasteiger partial charge in [0.05, 0.1) is 6.04 Å². The Balaban J connectivity index is 0.00000288. The summed E-state index contributed by atoms with van der Waals surface area (Å²) < 4.78 is 6.78. The Bertz CT molecular complexity index is 601. The minimum absolute atomic E-state index is 0. The molecular formula is C16H25IN4OS2. The number of aromatic nitrogens is 1. The summed E-state index contributed by atoms with van der Waals surface area (Å²) in [6.45, 7) is 7.72. The Hall–Kier alpha value is -0.740. The average molecular weight is 480 g/mol. The second kappa shape index (κ2) is 11.8. The highest BCUT2D eigenvalue weighted by atomic mass is 127. The van der Waals surface area contributed by atoms with Gasteiger partial charge in [-0.05, 0) is 39.3 Å². The summed E-state index contributed by atoms with van der Waals surface area (Å²) in [6.07, 6.45) is 2.87. The topological polar surface area (TPSA) is 62.5 Å². The third kappa shape index (κ3) is 7.43. The number of halogens is 1. The summed E-state index contributed by atoms with van der Waals surface area (Å²) in [5.74, 6) is 3.71. The second-order valence-corrected chi connectivity index (χ2v) is 7.31. The molecule has 0 saturated carbocycles. The fourth-order valence-electron chi connectivity index (χ4n) is 1.98. The summed E-state index contributed by atoms with van der Waals surface area (Å²) in [5, 5.41) is 8.66. The van der Waals surface area contributed by atoms with Gasteiger partial charge in [0.25, 0.3) is 0 Å². The van der Waals surface area contributed by atoms with E-state index in [4.69, 9.17) is 4.42 Å². The fraction of sp³-hybridized carbons (Fsp3) is 0.500. The van der Waals surface area contributed by atoms with Gasteiger partial charge >= 0.3 is 0 Å². The minimum atomic E-state index is 0. The van der Waals surface area contributed by atoms with Crippen LogP contribution in [0.3, 0.4) is 0 Å². The van der Waals surface area contributed by atoms with Crippen LogP contribution < -0.4 is 10.6 Å². The molecule has 1 unspecified atom stereocenters. The van der Waals surface area contributed by atoms with Crippen LogP contribution in [-0.2, 0) is 0 Å². The van der Waals surface area contributed by atoms with Crippen molar-refractivity contribution in [2.45, 2.75) is 37.6 Å².